The van der Waals surface area contributed by atoms with Crippen LogP contribution in [0.2, 0.25) is 0 Å². The molecule has 112 valence electrons. The van der Waals surface area contributed by atoms with Crippen molar-refractivity contribution in [2.45, 2.75) is 13.1 Å². The van der Waals surface area contributed by atoms with Crippen LogP contribution in [0.25, 0.3) is 0 Å². The molecule has 0 radical (unpaired) electrons. The van der Waals surface area contributed by atoms with E-state index in [-0.39, 0.29) is 0 Å². The third-order valence-corrected chi connectivity index (χ3v) is 3.26. The van der Waals surface area contributed by atoms with E-state index >= 15 is 0 Å². The maximum atomic E-state index is 4.44. The van der Waals surface area contributed by atoms with E-state index < -0.39 is 0 Å². The number of rotatable bonds is 6. The number of nitrogens with one attached hydrogen (secondary N) is 1. The highest BCUT2D eigenvalue weighted by molar-refractivity contribution is 5.43. The van der Waals surface area contributed by atoms with Gasteiger partial charge in [0.15, 0.2) is 0 Å². The standard InChI is InChI=1S/C16H23N5/c1-20(2)15-7-5-13(18-11-15)9-17-10-14-6-8-16(12-19-14)21(3)4/h5-8,11-12,17H,9-10H2,1-4H3. The van der Waals surface area contributed by atoms with Crippen molar-refractivity contribution >= 4 is 11.4 Å². The van der Waals surface area contributed by atoms with Crippen molar-refractivity contribution in [1.82, 2.24) is 15.3 Å². The van der Waals surface area contributed by atoms with E-state index in [1.807, 2.05) is 62.5 Å². The lowest BCUT2D eigenvalue weighted by Crippen LogP contribution is -2.16. The van der Waals surface area contributed by atoms with Crippen molar-refractivity contribution in [3.8, 4) is 0 Å². The maximum Gasteiger partial charge on any atom is 0.0547 e. The Hall–Kier alpha value is -2.14. The van der Waals surface area contributed by atoms with Gasteiger partial charge in [0.1, 0.15) is 0 Å². The van der Waals surface area contributed by atoms with Crippen LogP contribution < -0.4 is 15.1 Å². The van der Waals surface area contributed by atoms with Crippen molar-refractivity contribution in [2.24, 2.45) is 0 Å². The maximum absolute atomic E-state index is 4.44. The summed E-state index contributed by atoms with van der Waals surface area (Å²) in [5.41, 5.74) is 4.29. The fourth-order valence-electron chi connectivity index (χ4n) is 1.89. The van der Waals surface area contributed by atoms with Gasteiger partial charge in [0.2, 0.25) is 0 Å². The molecule has 0 aliphatic heterocycles. The minimum atomic E-state index is 0.741. The molecule has 0 amide bonds. The van der Waals surface area contributed by atoms with E-state index in [0.29, 0.717) is 0 Å². The first-order valence-corrected chi connectivity index (χ1v) is 7.01. The molecule has 0 spiro atoms. The summed E-state index contributed by atoms with van der Waals surface area (Å²) in [4.78, 5) is 13.0. The molecule has 5 heteroatoms. The minimum absolute atomic E-state index is 0.741. The molecule has 2 heterocycles. The highest BCUT2D eigenvalue weighted by Crippen LogP contribution is 2.10. The molecule has 5 nitrogen and oxygen atoms in total. The third-order valence-electron chi connectivity index (χ3n) is 3.26. The van der Waals surface area contributed by atoms with Crippen LogP contribution in [-0.4, -0.2) is 38.2 Å². The van der Waals surface area contributed by atoms with Gasteiger partial charge in [0, 0.05) is 41.3 Å². The molecule has 0 aliphatic rings. The van der Waals surface area contributed by atoms with Gasteiger partial charge in [-0.05, 0) is 24.3 Å². The Labute approximate surface area is 126 Å². The van der Waals surface area contributed by atoms with Crippen LogP contribution in [0.4, 0.5) is 11.4 Å². The summed E-state index contributed by atoms with van der Waals surface area (Å²) in [5, 5.41) is 3.36. The number of hydrogen-bond acceptors (Lipinski definition) is 5. The molecular formula is C16H23N5. The predicted molar refractivity (Wildman–Crippen MR) is 87.7 cm³/mol. The highest BCUT2D eigenvalue weighted by Gasteiger charge is 2.00. The molecule has 0 aliphatic carbocycles. The van der Waals surface area contributed by atoms with E-state index in [2.05, 4.69) is 27.4 Å². The summed E-state index contributed by atoms with van der Waals surface area (Å²) in [5.74, 6) is 0. The van der Waals surface area contributed by atoms with Crippen molar-refractivity contribution in [3.05, 3.63) is 48.0 Å². The van der Waals surface area contributed by atoms with Gasteiger partial charge in [-0.3, -0.25) is 9.97 Å². The summed E-state index contributed by atoms with van der Waals surface area (Å²) in [7, 11) is 8.05. The SMILES string of the molecule is CN(C)c1ccc(CNCc2ccc(N(C)C)cn2)nc1. The third kappa shape index (κ3) is 4.43. The number of anilines is 2. The normalized spacial score (nSPS) is 10.5. The van der Waals surface area contributed by atoms with E-state index in [1.54, 1.807) is 0 Å². The van der Waals surface area contributed by atoms with Crippen LogP contribution in [0.1, 0.15) is 11.4 Å². The number of aromatic nitrogens is 2. The van der Waals surface area contributed by atoms with Gasteiger partial charge >= 0.3 is 0 Å². The second-order valence-corrected chi connectivity index (χ2v) is 5.41. The molecule has 0 saturated carbocycles. The Morgan fingerprint density at radius 2 is 1.19 bits per heavy atom. The minimum Gasteiger partial charge on any atom is -0.376 e. The zero-order valence-electron chi connectivity index (χ0n) is 13.2. The monoisotopic (exact) mass is 285 g/mol. The topological polar surface area (TPSA) is 44.3 Å². The molecule has 0 atom stereocenters. The summed E-state index contributed by atoms with van der Waals surface area (Å²) in [6, 6.07) is 8.25. The predicted octanol–water partition coefficient (Wildman–Crippen LogP) is 1.90. The quantitative estimate of drug-likeness (QED) is 0.878. The first kappa shape index (κ1) is 15.3. The molecule has 2 aromatic heterocycles. The van der Waals surface area contributed by atoms with Crippen molar-refractivity contribution < 1.29 is 0 Å². The molecule has 21 heavy (non-hydrogen) atoms. The van der Waals surface area contributed by atoms with Crippen LogP contribution in [0.3, 0.4) is 0 Å². The number of nitrogens with zero attached hydrogens (tertiary/aromatic N) is 4. The van der Waals surface area contributed by atoms with Gasteiger partial charge in [-0.15, -0.1) is 0 Å². The largest absolute Gasteiger partial charge is 0.376 e. The fourth-order valence-corrected chi connectivity index (χ4v) is 1.89. The number of hydrogen-bond donors (Lipinski definition) is 1. The summed E-state index contributed by atoms with van der Waals surface area (Å²) >= 11 is 0. The second-order valence-electron chi connectivity index (χ2n) is 5.41. The van der Waals surface area contributed by atoms with Gasteiger partial charge < -0.3 is 15.1 Å². The van der Waals surface area contributed by atoms with E-state index in [9.17, 15) is 0 Å². The molecule has 0 bridgehead atoms. The first-order valence-electron chi connectivity index (χ1n) is 7.01. The molecular weight excluding hydrogens is 262 g/mol. The smallest absolute Gasteiger partial charge is 0.0547 e. The molecule has 1 N–H and O–H groups in total. The van der Waals surface area contributed by atoms with Crippen molar-refractivity contribution in [2.75, 3.05) is 38.0 Å². The Bertz CT molecular complexity index is 494. The van der Waals surface area contributed by atoms with E-state index in [0.717, 1.165) is 35.9 Å². The van der Waals surface area contributed by atoms with Crippen molar-refractivity contribution in [3.63, 3.8) is 0 Å². The van der Waals surface area contributed by atoms with E-state index in [1.165, 1.54) is 0 Å². The summed E-state index contributed by atoms with van der Waals surface area (Å²) in [6.45, 7) is 1.48. The Kier molecular flexibility index (Phi) is 5.11. The molecule has 0 unspecified atom stereocenters. The number of pyridine rings is 2. The first-order chi connectivity index (χ1) is 10.1. The average Bonchev–Trinajstić information content (AvgIpc) is 2.48. The van der Waals surface area contributed by atoms with Gasteiger partial charge in [0.25, 0.3) is 0 Å². The molecule has 2 rings (SSSR count). The van der Waals surface area contributed by atoms with Gasteiger partial charge in [0.05, 0.1) is 35.2 Å². The summed E-state index contributed by atoms with van der Waals surface area (Å²) in [6.07, 6.45) is 3.78. The fraction of sp³-hybridized carbons (Fsp3) is 0.375. The Balaban J connectivity index is 1.83. The lowest BCUT2D eigenvalue weighted by atomic mass is 10.3. The highest BCUT2D eigenvalue weighted by atomic mass is 15.1. The zero-order valence-corrected chi connectivity index (χ0v) is 13.2. The van der Waals surface area contributed by atoms with Crippen LogP contribution in [0.15, 0.2) is 36.7 Å². The van der Waals surface area contributed by atoms with Crippen LogP contribution in [0, 0.1) is 0 Å². The van der Waals surface area contributed by atoms with E-state index in [4.69, 9.17) is 0 Å². The molecule has 0 aromatic carbocycles. The molecule has 0 saturated heterocycles. The zero-order chi connectivity index (χ0) is 15.2. The van der Waals surface area contributed by atoms with Gasteiger partial charge in [-0.1, -0.05) is 0 Å². The Morgan fingerprint density at radius 1 is 0.762 bits per heavy atom. The molecule has 0 fully saturated rings. The second kappa shape index (κ2) is 7.04. The van der Waals surface area contributed by atoms with Gasteiger partial charge in [-0.25, -0.2) is 0 Å². The van der Waals surface area contributed by atoms with Crippen LogP contribution in [-0.2, 0) is 13.1 Å². The average molecular weight is 285 g/mol. The van der Waals surface area contributed by atoms with Crippen molar-refractivity contribution in [1.29, 1.82) is 0 Å². The van der Waals surface area contributed by atoms with Gasteiger partial charge in [-0.2, -0.15) is 0 Å². The lowest BCUT2D eigenvalue weighted by molar-refractivity contribution is 0.667. The van der Waals surface area contributed by atoms with Crippen LogP contribution in [0.5, 0.6) is 0 Å². The molecule has 2 aromatic rings. The summed E-state index contributed by atoms with van der Waals surface area (Å²) < 4.78 is 0. The van der Waals surface area contributed by atoms with Crippen LogP contribution >= 0.6 is 0 Å². The lowest BCUT2D eigenvalue weighted by Gasteiger charge is -2.13. The Morgan fingerprint density at radius 3 is 1.48 bits per heavy atom.